The van der Waals surface area contributed by atoms with Crippen LogP contribution in [0.3, 0.4) is 0 Å². The Labute approximate surface area is 112 Å². The summed E-state index contributed by atoms with van der Waals surface area (Å²) in [6.45, 7) is 7.39. The van der Waals surface area contributed by atoms with Gasteiger partial charge in [0.05, 0.1) is 5.75 Å². The predicted octanol–water partition coefficient (Wildman–Crippen LogP) is 2.90. The van der Waals surface area contributed by atoms with Crippen molar-refractivity contribution in [2.75, 3.05) is 5.75 Å². The zero-order valence-corrected chi connectivity index (χ0v) is 12.1. The Morgan fingerprint density at radius 3 is 2.50 bits per heavy atom. The number of Topliss-reactive ketones (excluding diaryl/α,β-unsaturated/α-hetero) is 1. The minimum absolute atomic E-state index is 0.000674. The highest BCUT2D eigenvalue weighted by atomic mass is 32.2. The van der Waals surface area contributed by atoms with E-state index in [0.717, 1.165) is 4.90 Å². The average molecular weight is 265 g/mol. The summed E-state index contributed by atoms with van der Waals surface area (Å²) >= 11 is 1.44. The van der Waals surface area contributed by atoms with Crippen molar-refractivity contribution in [3.05, 3.63) is 29.8 Å². The van der Waals surface area contributed by atoms with Crippen molar-refractivity contribution < 1.29 is 9.59 Å². The third-order valence-electron chi connectivity index (χ3n) is 2.12. The van der Waals surface area contributed by atoms with Gasteiger partial charge in [0.25, 0.3) is 0 Å². The van der Waals surface area contributed by atoms with E-state index in [9.17, 15) is 9.59 Å². The molecule has 0 aromatic heterocycles. The fraction of sp³-hybridized carbons (Fsp3) is 0.429. The van der Waals surface area contributed by atoms with Crippen LogP contribution in [0.2, 0.25) is 0 Å². The van der Waals surface area contributed by atoms with Gasteiger partial charge in [-0.05, 0) is 39.8 Å². The standard InChI is InChI=1S/C14H19NO2S/c1-10(16)11-6-5-7-12(8-11)18-9-13(17)15-14(2,3)4/h5-8H,9H2,1-4H3,(H,15,17). The highest BCUT2D eigenvalue weighted by molar-refractivity contribution is 8.00. The molecule has 98 valence electrons. The number of ketones is 1. The molecule has 1 aromatic rings. The molecule has 18 heavy (non-hydrogen) atoms. The molecular weight excluding hydrogens is 246 g/mol. The highest BCUT2D eigenvalue weighted by Gasteiger charge is 2.13. The summed E-state index contributed by atoms with van der Waals surface area (Å²) in [6, 6.07) is 7.33. The first-order valence-electron chi connectivity index (χ1n) is 5.83. The van der Waals surface area contributed by atoms with Crippen molar-refractivity contribution in [2.45, 2.75) is 38.1 Å². The Morgan fingerprint density at radius 2 is 1.94 bits per heavy atom. The van der Waals surface area contributed by atoms with Gasteiger partial charge in [-0.25, -0.2) is 0 Å². The lowest BCUT2D eigenvalue weighted by molar-refractivity contribution is -0.119. The van der Waals surface area contributed by atoms with Crippen LogP contribution in [0.5, 0.6) is 0 Å². The molecule has 1 aromatic carbocycles. The maximum atomic E-state index is 11.7. The molecule has 0 fully saturated rings. The van der Waals surface area contributed by atoms with Crippen LogP contribution in [0, 0.1) is 0 Å². The number of thioether (sulfide) groups is 1. The second kappa shape index (κ2) is 6.05. The number of hydrogen-bond donors (Lipinski definition) is 1. The smallest absolute Gasteiger partial charge is 0.230 e. The van der Waals surface area contributed by atoms with E-state index in [4.69, 9.17) is 0 Å². The number of amides is 1. The zero-order valence-electron chi connectivity index (χ0n) is 11.2. The Balaban J connectivity index is 2.56. The summed E-state index contributed by atoms with van der Waals surface area (Å²) < 4.78 is 0. The molecule has 0 saturated heterocycles. The van der Waals surface area contributed by atoms with E-state index in [1.165, 1.54) is 18.7 Å². The normalized spacial score (nSPS) is 11.1. The van der Waals surface area contributed by atoms with Crippen molar-refractivity contribution in [1.29, 1.82) is 0 Å². The van der Waals surface area contributed by atoms with Gasteiger partial charge in [0, 0.05) is 16.0 Å². The molecule has 0 aliphatic carbocycles. The molecular formula is C14H19NO2S. The van der Waals surface area contributed by atoms with Crippen LogP contribution >= 0.6 is 11.8 Å². The van der Waals surface area contributed by atoms with Gasteiger partial charge in [-0.1, -0.05) is 12.1 Å². The van der Waals surface area contributed by atoms with Gasteiger partial charge in [-0.15, -0.1) is 11.8 Å². The molecule has 0 saturated carbocycles. The molecule has 0 spiro atoms. The summed E-state index contributed by atoms with van der Waals surface area (Å²) in [5.74, 6) is 0.399. The topological polar surface area (TPSA) is 46.2 Å². The summed E-state index contributed by atoms with van der Waals surface area (Å²) in [5.41, 5.74) is 0.468. The third-order valence-corrected chi connectivity index (χ3v) is 3.12. The van der Waals surface area contributed by atoms with Crippen molar-refractivity contribution in [2.24, 2.45) is 0 Å². The molecule has 4 heteroatoms. The van der Waals surface area contributed by atoms with E-state index in [-0.39, 0.29) is 17.2 Å². The summed E-state index contributed by atoms with van der Waals surface area (Å²) in [6.07, 6.45) is 0. The Kier molecular flexibility index (Phi) is 4.96. The first-order chi connectivity index (χ1) is 8.28. The maximum absolute atomic E-state index is 11.7. The molecule has 0 heterocycles. The van der Waals surface area contributed by atoms with Crippen LogP contribution in [0.15, 0.2) is 29.2 Å². The van der Waals surface area contributed by atoms with Gasteiger partial charge in [0.15, 0.2) is 5.78 Å². The van der Waals surface area contributed by atoms with Gasteiger partial charge in [0.2, 0.25) is 5.91 Å². The number of rotatable bonds is 4. The number of carbonyl (C=O) groups excluding carboxylic acids is 2. The molecule has 3 nitrogen and oxygen atoms in total. The maximum Gasteiger partial charge on any atom is 0.230 e. The van der Waals surface area contributed by atoms with Crippen molar-refractivity contribution in [3.8, 4) is 0 Å². The first kappa shape index (κ1) is 14.8. The van der Waals surface area contributed by atoms with Crippen molar-refractivity contribution >= 4 is 23.5 Å². The van der Waals surface area contributed by atoms with Crippen LogP contribution in [0.25, 0.3) is 0 Å². The van der Waals surface area contributed by atoms with E-state index in [1.807, 2.05) is 39.0 Å². The van der Waals surface area contributed by atoms with Crippen LogP contribution in [0.4, 0.5) is 0 Å². The largest absolute Gasteiger partial charge is 0.351 e. The summed E-state index contributed by atoms with van der Waals surface area (Å²) in [7, 11) is 0. The minimum atomic E-state index is -0.209. The Morgan fingerprint density at radius 1 is 1.28 bits per heavy atom. The van der Waals surface area contributed by atoms with Crippen LogP contribution < -0.4 is 5.32 Å². The lowest BCUT2D eigenvalue weighted by atomic mass is 10.1. The molecule has 1 N–H and O–H groups in total. The van der Waals surface area contributed by atoms with Crippen LogP contribution in [0.1, 0.15) is 38.1 Å². The second-order valence-electron chi connectivity index (χ2n) is 5.17. The molecule has 0 unspecified atom stereocenters. The minimum Gasteiger partial charge on any atom is -0.351 e. The van der Waals surface area contributed by atoms with E-state index in [2.05, 4.69) is 5.32 Å². The molecule has 0 aliphatic heterocycles. The van der Waals surface area contributed by atoms with Crippen molar-refractivity contribution in [1.82, 2.24) is 5.32 Å². The number of carbonyl (C=O) groups is 2. The molecule has 1 amide bonds. The summed E-state index contributed by atoms with van der Waals surface area (Å²) in [5, 5.41) is 2.90. The lowest BCUT2D eigenvalue weighted by Gasteiger charge is -2.20. The van der Waals surface area contributed by atoms with Crippen LogP contribution in [-0.4, -0.2) is 23.0 Å². The number of hydrogen-bond acceptors (Lipinski definition) is 3. The molecule has 0 atom stereocenters. The SMILES string of the molecule is CC(=O)c1cccc(SCC(=O)NC(C)(C)C)c1. The van der Waals surface area contributed by atoms with Gasteiger partial charge in [-0.2, -0.15) is 0 Å². The number of benzene rings is 1. The molecule has 0 aliphatic rings. The van der Waals surface area contributed by atoms with Gasteiger partial charge < -0.3 is 5.32 Å². The predicted molar refractivity (Wildman–Crippen MR) is 75.1 cm³/mol. The van der Waals surface area contributed by atoms with Crippen LogP contribution in [-0.2, 0) is 4.79 Å². The fourth-order valence-corrected chi connectivity index (χ4v) is 2.16. The van der Waals surface area contributed by atoms with Crippen molar-refractivity contribution in [3.63, 3.8) is 0 Å². The lowest BCUT2D eigenvalue weighted by Crippen LogP contribution is -2.41. The molecule has 0 bridgehead atoms. The van der Waals surface area contributed by atoms with E-state index >= 15 is 0 Å². The highest BCUT2D eigenvalue weighted by Crippen LogP contribution is 2.19. The van der Waals surface area contributed by atoms with Gasteiger partial charge in [0.1, 0.15) is 0 Å². The molecule has 0 radical (unpaired) electrons. The van der Waals surface area contributed by atoms with E-state index < -0.39 is 0 Å². The monoisotopic (exact) mass is 265 g/mol. The Bertz CT molecular complexity index is 449. The summed E-state index contributed by atoms with van der Waals surface area (Å²) in [4.78, 5) is 23.8. The quantitative estimate of drug-likeness (QED) is 0.672. The first-order valence-corrected chi connectivity index (χ1v) is 6.81. The molecule has 1 rings (SSSR count). The Hall–Kier alpha value is -1.29. The van der Waals surface area contributed by atoms with E-state index in [0.29, 0.717) is 11.3 Å². The average Bonchev–Trinajstić information content (AvgIpc) is 2.24. The zero-order chi connectivity index (χ0) is 13.8. The number of nitrogens with one attached hydrogen (secondary N) is 1. The third kappa shape index (κ3) is 5.36. The van der Waals surface area contributed by atoms with Gasteiger partial charge in [-0.3, -0.25) is 9.59 Å². The fourth-order valence-electron chi connectivity index (χ4n) is 1.41. The van der Waals surface area contributed by atoms with E-state index in [1.54, 1.807) is 6.07 Å². The second-order valence-corrected chi connectivity index (χ2v) is 6.22. The van der Waals surface area contributed by atoms with Gasteiger partial charge >= 0.3 is 0 Å².